The quantitative estimate of drug-likeness (QED) is 0.551. The van der Waals surface area contributed by atoms with E-state index >= 15 is 0 Å². The molecule has 0 fully saturated rings. The van der Waals surface area contributed by atoms with Crippen LogP contribution in [0.25, 0.3) is 10.9 Å². The van der Waals surface area contributed by atoms with Gasteiger partial charge in [0.05, 0.1) is 29.1 Å². The number of carbonyl (C=O) groups is 1. The number of carbonyl (C=O) groups excluding carboxylic acids is 1. The number of rotatable bonds is 6. The summed E-state index contributed by atoms with van der Waals surface area (Å²) in [7, 11) is 1.48. The number of hydrogen-bond acceptors (Lipinski definition) is 7. The predicted octanol–water partition coefficient (Wildman–Crippen LogP) is 2.78. The number of ether oxygens (including phenoxy) is 3. The molecular formula is C18H16BrN3O5. The fourth-order valence-electron chi connectivity index (χ4n) is 2.43. The summed E-state index contributed by atoms with van der Waals surface area (Å²) < 4.78 is 17.5. The molecule has 0 aliphatic rings. The number of aromatic nitrogens is 3. The van der Waals surface area contributed by atoms with Crippen LogP contribution in [-0.4, -0.2) is 34.7 Å². The first-order valence-corrected chi connectivity index (χ1v) is 8.84. The lowest BCUT2D eigenvalue weighted by Gasteiger charge is -2.13. The molecule has 0 amide bonds. The first kappa shape index (κ1) is 18.8. The second kappa shape index (κ2) is 8.17. The van der Waals surface area contributed by atoms with Crippen LogP contribution >= 0.6 is 15.9 Å². The molecule has 1 heterocycles. The molecule has 0 bridgehead atoms. The van der Waals surface area contributed by atoms with Crippen LogP contribution in [0.1, 0.15) is 17.3 Å². The number of fused-ring (bicyclic) bond motifs is 1. The monoisotopic (exact) mass is 433 g/mol. The number of methoxy groups -OCH3 is 1. The Labute approximate surface area is 162 Å². The smallest absolute Gasteiger partial charge is 0.340 e. The van der Waals surface area contributed by atoms with Crippen LogP contribution < -0.4 is 15.0 Å². The summed E-state index contributed by atoms with van der Waals surface area (Å²) in [5.74, 6) is 0.243. The number of nitrogens with zero attached hydrogens (tertiary/aromatic N) is 3. The average molecular weight is 434 g/mol. The molecule has 3 rings (SSSR count). The highest BCUT2D eigenvalue weighted by molar-refractivity contribution is 9.10. The van der Waals surface area contributed by atoms with Crippen molar-refractivity contribution in [1.82, 2.24) is 15.0 Å². The Morgan fingerprint density at radius 3 is 2.78 bits per heavy atom. The van der Waals surface area contributed by atoms with E-state index in [9.17, 15) is 9.59 Å². The topological polar surface area (TPSA) is 92.5 Å². The molecule has 0 aliphatic carbocycles. The van der Waals surface area contributed by atoms with E-state index in [1.807, 2.05) is 6.92 Å². The zero-order valence-electron chi connectivity index (χ0n) is 14.6. The van der Waals surface area contributed by atoms with Gasteiger partial charge in [0.15, 0.2) is 18.2 Å². The Morgan fingerprint density at radius 2 is 2.04 bits per heavy atom. The minimum atomic E-state index is -0.640. The lowest BCUT2D eigenvalue weighted by Crippen LogP contribution is -2.26. The van der Waals surface area contributed by atoms with Gasteiger partial charge in [-0.05, 0) is 47.1 Å². The van der Waals surface area contributed by atoms with Gasteiger partial charge < -0.3 is 14.2 Å². The summed E-state index contributed by atoms with van der Waals surface area (Å²) in [5.41, 5.74) is 0.327. The van der Waals surface area contributed by atoms with E-state index in [0.29, 0.717) is 33.5 Å². The van der Waals surface area contributed by atoms with Crippen molar-refractivity contribution in [3.8, 4) is 11.5 Å². The molecule has 0 spiro atoms. The third kappa shape index (κ3) is 3.92. The van der Waals surface area contributed by atoms with Crippen LogP contribution in [0.15, 0.2) is 45.7 Å². The first-order valence-electron chi connectivity index (χ1n) is 8.05. The first-order chi connectivity index (χ1) is 13.0. The van der Waals surface area contributed by atoms with Gasteiger partial charge in [0.25, 0.3) is 5.56 Å². The maximum absolute atomic E-state index is 12.4. The lowest BCUT2D eigenvalue weighted by atomic mass is 10.2. The second-order valence-electron chi connectivity index (χ2n) is 5.39. The Balaban J connectivity index is 1.81. The van der Waals surface area contributed by atoms with Gasteiger partial charge in [-0.1, -0.05) is 17.3 Å². The van der Waals surface area contributed by atoms with Gasteiger partial charge in [0.2, 0.25) is 0 Å². The largest absolute Gasteiger partial charge is 0.493 e. The fraction of sp³-hybridized carbons (Fsp3) is 0.222. The summed E-state index contributed by atoms with van der Waals surface area (Å²) in [6.45, 7) is 1.93. The Hall–Kier alpha value is -2.94. The van der Waals surface area contributed by atoms with E-state index in [1.54, 1.807) is 30.3 Å². The Morgan fingerprint density at radius 1 is 1.26 bits per heavy atom. The third-order valence-electron chi connectivity index (χ3n) is 3.70. The summed E-state index contributed by atoms with van der Waals surface area (Å²) in [6.07, 6.45) is 0. The van der Waals surface area contributed by atoms with E-state index in [4.69, 9.17) is 14.2 Å². The van der Waals surface area contributed by atoms with Crippen LogP contribution in [0.5, 0.6) is 11.5 Å². The molecular weight excluding hydrogens is 418 g/mol. The van der Waals surface area contributed by atoms with Crippen molar-refractivity contribution in [2.24, 2.45) is 0 Å². The number of esters is 1. The zero-order chi connectivity index (χ0) is 19.4. The molecule has 27 heavy (non-hydrogen) atoms. The molecule has 8 nitrogen and oxygen atoms in total. The fourth-order valence-corrected chi connectivity index (χ4v) is 2.99. The molecule has 1 aromatic heterocycles. The van der Waals surface area contributed by atoms with Crippen LogP contribution in [0.4, 0.5) is 0 Å². The van der Waals surface area contributed by atoms with Crippen molar-refractivity contribution in [3.63, 3.8) is 0 Å². The third-order valence-corrected chi connectivity index (χ3v) is 4.29. The van der Waals surface area contributed by atoms with Crippen molar-refractivity contribution in [2.75, 3.05) is 13.7 Å². The SMILES string of the molecule is CCOc1c(Br)cc(C(=O)OCn2nnc3ccccc3c2=O)cc1OC. The van der Waals surface area contributed by atoms with Crippen molar-refractivity contribution < 1.29 is 19.0 Å². The molecule has 2 aromatic carbocycles. The molecule has 0 unspecified atom stereocenters. The minimum Gasteiger partial charge on any atom is -0.493 e. The predicted molar refractivity (Wildman–Crippen MR) is 101 cm³/mol. The van der Waals surface area contributed by atoms with Gasteiger partial charge in [-0.25, -0.2) is 4.79 Å². The number of halogens is 1. The van der Waals surface area contributed by atoms with Gasteiger partial charge in [-0.2, -0.15) is 4.68 Å². The van der Waals surface area contributed by atoms with Gasteiger partial charge in [0, 0.05) is 0 Å². The van der Waals surface area contributed by atoms with E-state index < -0.39 is 5.97 Å². The summed E-state index contributed by atoms with van der Waals surface area (Å²) in [4.78, 5) is 24.8. The van der Waals surface area contributed by atoms with E-state index in [2.05, 4.69) is 26.2 Å². The van der Waals surface area contributed by atoms with Gasteiger partial charge in [-0.15, -0.1) is 5.10 Å². The molecule has 0 N–H and O–H groups in total. The number of hydrogen-bond donors (Lipinski definition) is 0. The van der Waals surface area contributed by atoms with E-state index in [-0.39, 0.29) is 17.9 Å². The van der Waals surface area contributed by atoms with Crippen LogP contribution in [0.2, 0.25) is 0 Å². The Bertz CT molecular complexity index is 1050. The normalized spacial score (nSPS) is 10.6. The highest BCUT2D eigenvalue weighted by Gasteiger charge is 2.17. The highest BCUT2D eigenvalue weighted by atomic mass is 79.9. The van der Waals surface area contributed by atoms with Gasteiger partial charge in [-0.3, -0.25) is 4.79 Å². The molecule has 0 saturated carbocycles. The molecule has 0 saturated heterocycles. The standard InChI is InChI=1S/C18H16BrN3O5/c1-3-26-16-13(19)8-11(9-15(16)25-2)18(24)27-10-22-17(23)12-6-4-5-7-14(12)20-21-22/h4-9H,3,10H2,1-2H3. The van der Waals surface area contributed by atoms with Crippen LogP contribution in [-0.2, 0) is 11.5 Å². The number of benzene rings is 2. The minimum absolute atomic E-state index is 0.240. The molecule has 140 valence electrons. The maximum atomic E-state index is 12.4. The molecule has 9 heteroatoms. The van der Waals surface area contributed by atoms with Crippen molar-refractivity contribution in [1.29, 1.82) is 0 Å². The van der Waals surface area contributed by atoms with Crippen LogP contribution in [0, 0.1) is 0 Å². The summed E-state index contributed by atoms with van der Waals surface area (Å²) in [5, 5.41) is 8.13. The molecule has 3 aromatic rings. The molecule has 0 atom stereocenters. The average Bonchev–Trinajstić information content (AvgIpc) is 2.68. The van der Waals surface area contributed by atoms with Gasteiger partial charge >= 0.3 is 5.97 Å². The summed E-state index contributed by atoms with van der Waals surface area (Å²) >= 11 is 3.35. The van der Waals surface area contributed by atoms with Crippen molar-refractivity contribution >= 4 is 32.8 Å². The maximum Gasteiger partial charge on any atom is 0.340 e. The zero-order valence-corrected chi connectivity index (χ0v) is 16.2. The highest BCUT2D eigenvalue weighted by Crippen LogP contribution is 2.36. The lowest BCUT2D eigenvalue weighted by molar-refractivity contribution is 0.0335. The second-order valence-corrected chi connectivity index (χ2v) is 6.25. The van der Waals surface area contributed by atoms with Crippen LogP contribution in [0.3, 0.4) is 0 Å². The van der Waals surface area contributed by atoms with Crippen molar-refractivity contribution in [3.05, 3.63) is 56.8 Å². The summed E-state index contributed by atoms with van der Waals surface area (Å²) in [6, 6.07) is 9.88. The van der Waals surface area contributed by atoms with E-state index in [0.717, 1.165) is 4.68 Å². The molecule has 0 radical (unpaired) electrons. The van der Waals surface area contributed by atoms with Crippen molar-refractivity contribution in [2.45, 2.75) is 13.7 Å². The van der Waals surface area contributed by atoms with Gasteiger partial charge in [0.1, 0.15) is 5.52 Å². The van der Waals surface area contributed by atoms with E-state index in [1.165, 1.54) is 13.2 Å². The molecule has 0 aliphatic heterocycles. The Kier molecular flexibility index (Phi) is 5.70.